The fraction of sp³-hybridized carbons (Fsp3) is 0.200. The van der Waals surface area contributed by atoms with Gasteiger partial charge in [0.1, 0.15) is 5.71 Å². The molecule has 0 saturated heterocycles. The molecule has 0 amide bonds. The van der Waals surface area contributed by atoms with Crippen LogP contribution in [-0.4, -0.2) is 17.6 Å². The van der Waals surface area contributed by atoms with E-state index in [1.165, 1.54) is 0 Å². The van der Waals surface area contributed by atoms with E-state index in [1.807, 2.05) is 18.4 Å². The summed E-state index contributed by atoms with van der Waals surface area (Å²) in [7, 11) is 0. The first-order valence-electron chi connectivity index (χ1n) is 4.32. The molecule has 0 unspecified atom stereocenters. The normalized spacial score (nSPS) is 18.1. The SMILES string of the molecule is Cc1ccsc1/C=C1\C(=O)ON=C1CCl. The van der Waals surface area contributed by atoms with E-state index in [0.717, 1.165) is 10.4 Å². The van der Waals surface area contributed by atoms with Crippen LogP contribution in [0, 0.1) is 6.92 Å². The molecule has 2 heterocycles. The Morgan fingerprint density at radius 1 is 1.67 bits per heavy atom. The minimum Gasteiger partial charge on any atom is -0.312 e. The van der Waals surface area contributed by atoms with E-state index in [4.69, 9.17) is 11.6 Å². The van der Waals surface area contributed by atoms with E-state index < -0.39 is 5.97 Å². The lowest BCUT2D eigenvalue weighted by molar-refractivity contribution is -0.136. The predicted octanol–water partition coefficient (Wildman–Crippen LogP) is 2.59. The van der Waals surface area contributed by atoms with Gasteiger partial charge in [-0.25, -0.2) is 4.79 Å². The summed E-state index contributed by atoms with van der Waals surface area (Å²) in [6.45, 7) is 1.99. The first-order valence-corrected chi connectivity index (χ1v) is 5.74. The molecule has 2 rings (SSSR count). The number of halogens is 1. The van der Waals surface area contributed by atoms with Gasteiger partial charge < -0.3 is 4.84 Å². The van der Waals surface area contributed by atoms with Gasteiger partial charge in [0.05, 0.1) is 11.5 Å². The molecule has 0 aliphatic carbocycles. The molecule has 0 bridgehead atoms. The molecule has 3 nitrogen and oxygen atoms in total. The Hall–Kier alpha value is -1.13. The van der Waals surface area contributed by atoms with Crippen molar-refractivity contribution in [2.24, 2.45) is 5.16 Å². The van der Waals surface area contributed by atoms with Gasteiger partial charge in [-0.2, -0.15) is 0 Å². The zero-order chi connectivity index (χ0) is 10.8. The molecule has 1 aliphatic rings. The van der Waals surface area contributed by atoms with Crippen LogP contribution in [0.15, 0.2) is 22.2 Å². The summed E-state index contributed by atoms with van der Waals surface area (Å²) < 4.78 is 0. The number of nitrogens with zero attached hydrogens (tertiary/aromatic N) is 1. The van der Waals surface area contributed by atoms with Crippen molar-refractivity contribution in [1.82, 2.24) is 0 Å². The Labute approximate surface area is 96.0 Å². The van der Waals surface area contributed by atoms with Gasteiger partial charge in [0.15, 0.2) is 0 Å². The lowest BCUT2D eigenvalue weighted by Crippen LogP contribution is -2.06. The molecule has 0 atom stereocenters. The van der Waals surface area contributed by atoms with E-state index in [9.17, 15) is 4.79 Å². The van der Waals surface area contributed by atoms with E-state index in [1.54, 1.807) is 17.4 Å². The van der Waals surface area contributed by atoms with Crippen molar-refractivity contribution in [3.63, 3.8) is 0 Å². The van der Waals surface area contributed by atoms with Gasteiger partial charge in [-0.15, -0.1) is 22.9 Å². The highest BCUT2D eigenvalue weighted by molar-refractivity contribution is 7.11. The average molecular weight is 242 g/mol. The van der Waals surface area contributed by atoms with Crippen LogP contribution in [-0.2, 0) is 9.63 Å². The largest absolute Gasteiger partial charge is 0.367 e. The summed E-state index contributed by atoms with van der Waals surface area (Å²) >= 11 is 7.22. The number of thiophene rings is 1. The van der Waals surface area contributed by atoms with Gasteiger partial charge in [0.2, 0.25) is 0 Å². The second-order valence-corrected chi connectivity index (χ2v) is 4.29. The van der Waals surface area contributed by atoms with Crippen LogP contribution in [0.25, 0.3) is 6.08 Å². The lowest BCUT2D eigenvalue weighted by Gasteiger charge is -1.94. The van der Waals surface area contributed by atoms with Gasteiger partial charge in [-0.05, 0) is 30.0 Å². The molecule has 0 radical (unpaired) electrons. The standard InChI is InChI=1S/C10H8ClNO2S/c1-6-2-3-15-9(6)4-7-8(5-11)12-14-10(7)13/h2-4H,5H2,1H3/b7-4-. The van der Waals surface area contributed by atoms with Gasteiger partial charge in [-0.1, -0.05) is 5.16 Å². The molecule has 0 fully saturated rings. The van der Waals surface area contributed by atoms with Crippen molar-refractivity contribution in [2.45, 2.75) is 6.92 Å². The minimum atomic E-state index is -0.432. The molecule has 1 aromatic rings. The highest BCUT2D eigenvalue weighted by atomic mass is 35.5. The van der Waals surface area contributed by atoms with E-state index in [0.29, 0.717) is 11.3 Å². The van der Waals surface area contributed by atoms with Crippen molar-refractivity contribution in [1.29, 1.82) is 0 Å². The lowest BCUT2D eigenvalue weighted by atomic mass is 10.1. The summed E-state index contributed by atoms with van der Waals surface area (Å²) in [6.07, 6.45) is 1.77. The molecule has 1 aromatic heterocycles. The third kappa shape index (κ3) is 1.96. The van der Waals surface area contributed by atoms with Gasteiger partial charge in [-0.3, -0.25) is 0 Å². The first-order chi connectivity index (χ1) is 7.22. The van der Waals surface area contributed by atoms with Gasteiger partial charge in [0.25, 0.3) is 0 Å². The monoisotopic (exact) mass is 241 g/mol. The molecule has 0 aromatic carbocycles. The third-order valence-electron chi connectivity index (χ3n) is 2.07. The molecule has 1 aliphatic heterocycles. The molecule has 5 heteroatoms. The first kappa shape index (κ1) is 10.4. The Morgan fingerprint density at radius 2 is 2.47 bits per heavy atom. The van der Waals surface area contributed by atoms with Crippen LogP contribution in [0.2, 0.25) is 0 Å². The molecule has 0 saturated carbocycles. The summed E-state index contributed by atoms with van der Waals surface area (Å²) in [6, 6.07) is 1.99. The van der Waals surface area contributed by atoms with Crippen molar-refractivity contribution < 1.29 is 9.63 Å². The smallest absolute Gasteiger partial charge is 0.312 e. The van der Waals surface area contributed by atoms with Crippen molar-refractivity contribution in [3.05, 3.63) is 27.5 Å². The number of alkyl halides is 1. The van der Waals surface area contributed by atoms with E-state index in [2.05, 4.69) is 9.99 Å². The quantitative estimate of drug-likeness (QED) is 0.454. The van der Waals surface area contributed by atoms with Crippen LogP contribution in [0.3, 0.4) is 0 Å². The zero-order valence-electron chi connectivity index (χ0n) is 7.99. The highest BCUT2D eigenvalue weighted by Gasteiger charge is 2.24. The van der Waals surface area contributed by atoms with E-state index >= 15 is 0 Å². The van der Waals surface area contributed by atoms with Crippen molar-refractivity contribution in [2.75, 3.05) is 5.88 Å². The maximum Gasteiger partial charge on any atom is 0.367 e. The summed E-state index contributed by atoms with van der Waals surface area (Å²) in [5.74, 6) is -0.249. The number of rotatable bonds is 2. The molecular formula is C10H8ClNO2S. The maximum atomic E-state index is 11.3. The number of oxime groups is 1. The number of hydrogen-bond donors (Lipinski definition) is 0. The van der Waals surface area contributed by atoms with Crippen LogP contribution < -0.4 is 0 Å². The van der Waals surface area contributed by atoms with Gasteiger partial charge in [0, 0.05) is 4.88 Å². The summed E-state index contributed by atoms with van der Waals surface area (Å²) in [4.78, 5) is 16.9. The summed E-state index contributed by atoms with van der Waals surface area (Å²) in [5, 5.41) is 5.57. The number of carbonyl (C=O) groups is 1. The molecule has 78 valence electrons. The second-order valence-electron chi connectivity index (χ2n) is 3.08. The van der Waals surface area contributed by atoms with E-state index in [-0.39, 0.29) is 5.88 Å². The Bertz CT molecular complexity index is 462. The topological polar surface area (TPSA) is 38.7 Å². The fourth-order valence-corrected chi connectivity index (χ4v) is 2.27. The number of aryl methyl sites for hydroxylation is 1. The molecule has 0 N–H and O–H groups in total. The fourth-order valence-electron chi connectivity index (χ4n) is 1.21. The van der Waals surface area contributed by atoms with Crippen LogP contribution in [0.4, 0.5) is 0 Å². The van der Waals surface area contributed by atoms with Crippen LogP contribution in [0.5, 0.6) is 0 Å². The zero-order valence-corrected chi connectivity index (χ0v) is 9.56. The predicted molar refractivity (Wildman–Crippen MR) is 61.3 cm³/mol. The number of carbonyl (C=O) groups excluding carboxylic acids is 1. The molecular weight excluding hydrogens is 234 g/mol. The second kappa shape index (κ2) is 4.16. The maximum absolute atomic E-state index is 11.3. The highest BCUT2D eigenvalue weighted by Crippen LogP contribution is 2.22. The van der Waals surface area contributed by atoms with Crippen LogP contribution >= 0.6 is 22.9 Å². The third-order valence-corrected chi connectivity index (χ3v) is 3.29. The minimum absolute atomic E-state index is 0.183. The van der Waals surface area contributed by atoms with Crippen molar-refractivity contribution in [3.8, 4) is 0 Å². The Kier molecular flexibility index (Phi) is 2.88. The van der Waals surface area contributed by atoms with Crippen molar-refractivity contribution >= 4 is 40.7 Å². The average Bonchev–Trinajstić information content (AvgIpc) is 2.77. The Balaban J connectivity index is 2.38. The molecule has 15 heavy (non-hydrogen) atoms. The molecule has 0 spiro atoms. The van der Waals surface area contributed by atoms with Gasteiger partial charge >= 0.3 is 5.97 Å². The summed E-state index contributed by atoms with van der Waals surface area (Å²) in [5.41, 5.74) is 2.08. The van der Waals surface area contributed by atoms with Crippen LogP contribution in [0.1, 0.15) is 10.4 Å². The Morgan fingerprint density at radius 3 is 3.07 bits per heavy atom. The number of hydrogen-bond acceptors (Lipinski definition) is 4.